The van der Waals surface area contributed by atoms with Crippen LogP contribution in [0.15, 0.2) is 36.8 Å². The Kier molecular flexibility index (Phi) is 4.81. The molecule has 4 rings (SSSR count). The summed E-state index contributed by atoms with van der Waals surface area (Å²) >= 11 is 0. The van der Waals surface area contributed by atoms with Crippen LogP contribution in [-0.4, -0.2) is 34.7 Å². The Bertz CT molecular complexity index is 815. The van der Waals surface area contributed by atoms with Gasteiger partial charge >= 0.3 is 5.97 Å². The van der Waals surface area contributed by atoms with Crippen LogP contribution in [0.5, 0.6) is 0 Å². The fourth-order valence-electron chi connectivity index (χ4n) is 4.26. The van der Waals surface area contributed by atoms with Gasteiger partial charge in [0, 0.05) is 12.0 Å². The number of nitrogens with zero attached hydrogens (tertiary/aromatic N) is 2. The summed E-state index contributed by atoms with van der Waals surface area (Å²) in [7, 11) is 0. The lowest BCUT2D eigenvalue weighted by atomic mass is 9.86. The summed E-state index contributed by atoms with van der Waals surface area (Å²) < 4.78 is 8.36. The third-order valence-corrected chi connectivity index (χ3v) is 5.83. The van der Waals surface area contributed by atoms with Gasteiger partial charge < -0.3 is 14.6 Å². The molecule has 1 fully saturated rings. The zero-order valence-electron chi connectivity index (χ0n) is 16.4. The number of piperidine rings is 1. The van der Waals surface area contributed by atoms with E-state index >= 15 is 0 Å². The predicted molar refractivity (Wildman–Crippen MR) is 105 cm³/mol. The Morgan fingerprint density at radius 2 is 2.04 bits per heavy atom. The lowest BCUT2D eigenvalue weighted by Crippen LogP contribution is -2.39. The summed E-state index contributed by atoms with van der Waals surface area (Å²) in [5.74, 6) is 0.292. The number of nitrogens with one attached hydrogen (secondary N) is 1. The molecule has 2 aliphatic heterocycles. The second-order valence-electron chi connectivity index (χ2n) is 8.81. The second kappa shape index (κ2) is 7.12. The van der Waals surface area contributed by atoms with Crippen molar-refractivity contribution in [3.8, 4) is 11.3 Å². The number of ether oxygens (including phenoxy) is 1. The third-order valence-electron chi connectivity index (χ3n) is 5.83. The molecule has 0 spiro atoms. The van der Waals surface area contributed by atoms with E-state index in [0.29, 0.717) is 5.92 Å². The van der Waals surface area contributed by atoms with Crippen molar-refractivity contribution in [3.63, 3.8) is 0 Å². The van der Waals surface area contributed by atoms with Crippen LogP contribution in [0.25, 0.3) is 11.3 Å². The molecule has 2 aromatic rings. The van der Waals surface area contributed by atoms with Crippen LogP contribution in [0.3, 0.4) is 0 Å². The maximum absolute atomic E-state index is 12.7. The highest BCUT2D eigenvalue weighted by atomic mass is 16.5. The lowest BCUT2D eigenvalue weighted by Gasteiger charge is -2.34. The van der Waals surface area contributed by atoms with E-state index in [4.69, 9.17) is 4.74 Å². The van der Waals surface area contributed by atoms with Gasteiger partial charge in [-0.25, -0.2) is 4.98 Å². The Balaban J connectivity index is 1.62. The molecule has 0 amide bonds. The number of fused-ring (bicyclic) bond motifs is 3. The molecular formula is C22H29N3O2. The summed E-state index contributed by atoms with van der Waals surface area (Å²) in [6, 6.07) is 8.68. The first kappa shape index (κ1) is 18.2. The summed E-state index contributed by atoms with van der Waals surface area (Å²) in [6.07, 6.45) is 6.66. The van der Waals surface area contributed by atoms with Crippen molar-refractivity contribution in [1.82, 2.24) is 14.9 Å². The van der Waals surface area contributed by atoms with Crippen molar-refractivity contribution in [1.29, 1.82) is 0 Å². The third kappa shape index (κ3) is 3.53. The average molecular weight is 367 g/mol. The first-order valence-corrected chi connectivity index (χ1v) is 9.98. The SMILES string of the molecule is CC(C)(C)C(=O)OC(CC1c2ccccc2-c2cncn21)C1CCNCC1. The molecule has 0 aliphatic carbocycles. The van der Waals surface area contributed by atoms with Crippen LogP contribution in [0, 0.1) is 11.3 Å². The fourth-order valence-corrected chi connectivity index (χ4v) is 4.26. The van der Waals surface area contributed by atoms with E-state index in [9.17, 15) is 4.79 Å². The molecular weight excluding hydrogens is 338 g/mol. The van der Waals surface area contributed by atoms with E-state index in [1.807, 2.05) is 33.3 Å². The van der Waals surface area contributed by atoms with Gasteiger partial charge in [-0.15, -0.1) is 0 Å². The molecule has 5 heteroatoms. The number of carbonyl (C=O) groups is 1. The average Bonchev–Trinajstić information content (AvgIpc) is 3.23. The number of benzene rings is 1. The zero-order chi connectivity index (χ0) is 19.0. The van der Waals surface area contributed by atoms with Crippen molar-refractivity contribution in [2.24, 2.45) is 11.3 Å². The van der Waals surface area contributed by atoms with E-state index in [-0.39, 0.29) is 18.1 Å². The van der Waals surface area contributed by atoms with Crippen molar-refractivity contribution >= 4 is 5.97 Å². The van der Waals surface area contributed by atoms with Crippen LogP contribution in [0.4, 0.5) is 0 Å². The minimum absolute atomic E-state index is 0.0785. The number of hydrogen-bond acceptors (Lipinski definition) is 4. The molecule has 2 aliphatic rings. The zero-order valence-corrected chi connectivity index (χ0v) is 16.4. The van der Waals surface area contributed by atoms with Crippen LogP contribution in [0.1, 0.15) is 51.6 Å². The quantitative estimate of drug-likeness (QED) is 0.835. The monoisotopic (exact) mass is 367 g/mol. The molecule has 0 radical (unpaired) electrons. The van der Waals surface area contributed by atoms with Gasteiger partial charge in [0.1, 0.15) is 6.10 Å². The summed E-state index contributed by atoms with van der Waals surface area (Å²) in [5.41, 5.74) is 3.22. The first-order chi connectivity index (χ1) is 12.9. The molecule has 3 heterocycles. The number of rotatable bonds is 4. The molecule has 0 bridgehead atoms. The van der Waals surface area contributed by atoms with Gasteiger partial charge in [-0.1, -0.05) is 24.3 Å². The Hall–Kier alpha value is -2.14. The van der Waals surface area contributed by atoms with Crippen LogP contribution < -0.4 is 5.32 Å². The first-order valence-electron chi connectivity index (χ1n) is 9.98. The molecule has 0 saturated carbocycles. The Labute approximate surface area is 161 Å². The molecule has 27 heavy (non-hydrogen) atoms. The number of carbonyl (C=O) groups excluding carboxylic acids is 1. The minimum atomic E-state index is -0.487. The molecule has 144 valence electrons. The van der Waals surface area contributed by atoms with Crippen molar-refractivity contribution in [3.05, 3.63) is 42.4 Å². The topological polar surface area (TPSA) is 56.1 Å². The summed E-state index contributed by atoms with van der Waals surface area (Å²) in [4.78, 5) is 17.0. The molecule has 1 aromatic heterocycles. The van der Waals surface area contributed by atoms with Gasteiger partial charge in [-0.05, 0) is 58.2 Å². The molecule has 2 atom stereocenters. The highest BCUT2D eigenvalue weighted by Crippen LogP contribution is 2.43. The lowest BCUT2D eigenvalue weighted by molar-refractivity contribution is -0.162. The standard InChI is InChI=1S/C22H29N3O2/c1-22(2,3)21(26)27-20(15-8-10-23-11-9-15)12-18-16-6-4-5-7-17(16)19-13-24-14-25(18)19/h4-7,13-15,18,20,23H,8-12H2,1-3H3. The Morgan fingerprint density at radius 3 is 2.78 bits per heavy atom. The molecule has 1 saturated heterocycles. The van der Waals surface area contributed by atoms with Crippen LogP contribution in [0.2, 0.25) is 0 Å². The van der Waals surface area contributed by atoms with Gasteiger partial charge in [0.05, 0.1) is 29.7 Å². The predicted octanol–water partition coefficient (Wildman–Crippen LogP) is 3.80. The van der Waals surface area contributed by atoms with E-state index in [2.05, 4.69) is 39.1 Å². The van der Waals surface area contributed by atoms with Crippen molar-refractivity contribution in [2.75, 3.05) is 13.1 Å². The highest BCUT2D eigenvalue weighted by molar-refractivity contribution is 5.75. The largest absolute Gasteiger partial charge is 0.462 e. The minimum Gasteiger partial charge on any atom is -0.462 e. The van der Waals surface area contributed by atoms with Gasteiger partial charge in [0.2, 0.25) is 0 Å². The van der Waals surface area contributed by atoms with Gasteiger partial charge in [-0.2, -0.15) is 0 Å². The van der Waals surface area contributed by atoms with E-state index < -0.39 is 5.41 Å². The Morgan fingerprint density at radius 1 is 1.30 bits per heavy atom. The van der Waals surface area contributed by atoms with Gasteiger partial charge in [0.25, 0.3) is 0 Å². The van der Waals surface area contributed by atoms with Crippen LogP contribution >= 0.6 is 0 Å². The maximum Gasteiger partial charge on any atom is 0.311 e. The molecule has 1 N–H and O–H groups in total. The molecule has 5 nitrogen and oxygen atoms in total. The number of hydrogen-bond donors (Lipinski definition) is 1. The second-order valence-corrected chi connectivity index (χ2v) is 8.81. The number of aromatic nitrogens is 2. The smallest absolute Gasteiger partial charge is 0.311 e. The van der Waals surface area contributed by atoms with Gasteiger partial charge in [-0.3, -0.25) is 4.79 Å². The number of imidazole rings is 1. The summed E-state index contributed by atoms with van der Waals surface area (Å²) in [6.45, 7) is 7.76. The normalized spacial score (nSPS) is 20.8. The molecule has 2 unspecified atom stereocenters. The molecule has 1 aromatic carbocycles. The van der Waals surface area contributed by atoms with Gasteiger partial charge in [0.15, 0.2) is 0 Å². The van der Waals surface area contributed by atoms with Crippen LogP contribution in [-0.2, 0) is 9.53 Å². The highest BCUT2D eigenvalue weighted by Gasteiger charge is 2.36. The van der Waals surface area contributed by atoms with Crippen molar-refractivity contribution in [2.45, 2.75) is 52.2 Å². The maximum atomic E-state index is 12.7. The fraction of sp³-hybridized carbons (Fsp3) is 0.545. The van der Waals surface area contributed by atoms with Crippen molar-refractivity contribution < 1.29 is 9.53 Å². The summed E-state index contributed by atoms with van der Waals surface area (Å²) in [5, 5.41) is 3.42. The van der Waals surface area contributed by atoms with E-state index in [1.165, 1.54) is 11.1 Å². The van der Waals surface area contributed by atoms with E-state index in [1.54, 1.807) is 0 Å². The van der Waals surface area contributed by atoms with E-state index in [0.717, 1.165) is 38.0 Å². The number of esters is 1.